The van der Waals surface area contributed by atoms with E-state index >= 15 is 0 Å². The van der Waals surface area contributed by atoms with E-state index in [2.05, 4.69) is 4.98 Å². The van der Waals surface area contributed by atoms with E-state index in [4.69, 9.17) is 0 Å². The Bertz CT molecular complexity index is 601. The van der Waals surface area contributed by atoms with Crippen LogP contribution < -0.4 is 0 Å². The molecule has 1 aromatic heterocycles. The summed E-state index contributed by atoms with van der Waals surface area (Å²) in [6, 6.07) is 7.77. The molecule has 0 saturated carbocycles. The number of rotatable bonds is 6. The van der Waals surface area contributed by atoms with E-state index in [9.17, 15) is 20.4 Å². The summed E-state index contributed by atoms with van der Waals surface area (Å²) in [4.78, 5) is 4.00. The van der Waals surface area contributed by atoms with E-state index in [1.165, 1.54) is 0 Å². The third-order valence-electron chi connectivity index (χ3n) is 3.70. The Morgan fingerprint density at radius 2 is 1.81 bits per heavy atom. The van der Waals surface area contributed by atoms with Gasteiger partial charge in [-0.3, -0.25) is 0 Å². The standard InChI is InChI=1S/C15H22N2O4/c1-3-15(20,21)17(14(2,18)19)9-8-11-10-16-13-7-5-4-6-12(11)13/h4-7,10,16,18-21H,3,8-9H2,1-2H3. The monoisotopic (exact) mass is 294 g/mol. The summed E-state index contributed by atoms with van der Waals surface area (Å²) in [5.74, 6) is -4.59. The lowest BCUT2D eigenvalue weighted by atomic mass is 10.1. The minimum atomic E-state index is -2.31. The lowest BCUT2D eigenvalue weighted by Crippen LogP contribution is -2.60. The molecule has 5 N–H and O–H groups in total. The van der Waals surface area contributed by atoms with Gasteiger partial charge in [0.15, 0.2) is 0 Å². The van der Waals surface area contributed by atoms with Crippen LogP contribution in [0.25, 0.3) is 10.9 Å². The maximum atomic E-state index is 9.91. The van der Waals surface area contributed by atoms with Gasteiger partial charge in [-0.2, -0.15) is 0 Å². The van der Waals surface area contributed by atoms with Gasteiger partial charge in [0.25, 0.3) is 0 Å². The Labute approximate surface area is 123 Å². The Balaban J connectivity index is 2.19. The number of benzene rings is 1. The number of hydrogen-bond acceptors (Lipinski definition) is 5. The van der Waals surface area contributed by atoms with Gasteiger partial charge in [-0.1, -0.05) is 25.1 Å². The molecule has 0 saturated heterocycles. The van der Waals surface area contributed by atoms with Gasteiger partial charge >= 0.3 is 0 Å². The first-order chi connectivity index (χ1) is 9.75. The van der Waals surface area contributed by atoms with Crippen molar-refractivity contribution in [2.75, 3.05) is 6.54 Å². The van der Waals surface area contributed by atoms with Crippen molar-refractivity contribution in [2.45, 2.75) is 38.5 Å². The van der Waals surface area contributed by atoms with Crippen molar-refractivity contribution >= 4 is 10.9 Å². The van der Waals surface area contributed by atoms with E-state index in [1.54, 1.807) is 6.92 Å². The highest BCUT2D eigenvalue weighted by molar-refractivity contribution is 5.83. The highest BCUT2D eigenvalue weighted by atomic mass is 16.6. The molecular formula is C15H22N2O4. The van der Waals surface area contributed by atoms with Crippen LogP contribution >= 0.6 is 0 Å². The molecule has 0 bridgehead atoms. The number of aromatic nitrogens is 1. The van der Waals surface area contributed by atoms with Gasteiger partial charge in [-0.25, -0.2) is 4.90 Å². The summed E-state index contributed by atoms with van der Waals surface area (Å²) in [6.07, 6.45) is 2.25. The van der Waals surface area contributed by atoms with E-state index in [0.29, 0.717) is 6.42 Å². The zero-order valence-electron chi connectivity index (χ0n) is 12.2. The normalized spacial score (nSPS) is 13.3. The molecule has 0 atom stereocenters. The maximum absolute atomic E-state index is 9.91. The molecule has 116 valence electrons. The second kappa shape index (κ2) is 5.75. The maximum Gasteiger partial charge on any atom is 0.228 e. The molecule has 0 aliphatic carbocycles. The quantitative estimate of drug-likeness (QED) is 0.506. The summed E-state index contributed by atoms with van der Waals surface area (Å²) in [5, 5.41) is 40.3. The molecule has 1 aromatic carbocycles. The summed E-state index contributed by atoms with van der Waals surface area (Å²) in [7, 11) is 0. The number of para-hydroxylation sites is 1. The van der Waals surface area contributed by atoms with E-state index in [1.807, 2.05) is 30.5 Å². The van der Waals surface area contributed by atoms with Gasteiger partial charge in [0.1, 0.15) is 0 Å². The van der Waals surface area contributed by atoms with Crippen molar-refractivity contribution in [2.24, 2.45) is 0 Å². The van der Waals surface area contributed by atoms with Gasteiger partial charge in [0.2, 0.25) is 11.8 Å². The number of aromatic amines is 1. The van der Waals surface area contributed by atoms with Gasteiger partial charge in [0.05, 0.1) is 0 Å². The fourth-order valence-electron chi connectivity index (χ4n) is 2.49. The lowest BCUT2D eigenvalue weighted by Gasteiger charge is -2.40. The average Bonchev–Trinajstić information content (AvgIpc) is 2.81. The van der Waals surface area contributed by atoms with Crippen LogP contribution in [-0.2, 0) is 6.42 Å². The van der Waals surface area contributed by atoms with E-state index in [-0.39, 0.29) is 13.0 Å². The molecule has 1 heterocycles. The summed E-state index contributed by atoms with van der Waals surface area (Å²) < 4.78 is 0. The zero-order chi connectivity index (χ0) is 15.7. The second-order valence-corrected chi connectivity index (χ2v) is 5.36. The Kier molecular flexibility index (Phi) is 4.36. The number of H-pyrrole nitrogens is 1. The molecule has 21 heavy (non-hydrogen) atoms. The van der Waals surface area contributed by atoms with Crippen molar-refractivity contribution in [1.82, 2.24) is 9.88 Å². The Hall–Kier alpha value is -1.44. The third-order valence-corrected chi connectivity index (χ3v) is 3.70. The van der Waals surface area contributed by atoms with Crippen LogP contribution in [0.4, 0.5) is 0 Å². The number of fused-ring (bicyclic) bond motifs is 1. The molecule has 0 aliphatic rings. The number of nitrogens with zero attached hydrogens (tertiary/aromatic N) is 1. The Morgan fingerprint density at radius 1 is 1.14 bits per heavy atom. The predicted molar refractivity (Wildman–Crippen MR) is 79.0 cm³/mol. The SMILES string of the molecule is CCC(O)(O)N(CCc1c[nH]c2ccccc12)C(C)(O)O. The highest BCUT2D eigenvalue weighted by Gasteiger charge is 2.40. The summed E-state index contributed by atoms with van der Waals surface area (Å²) in [6.45, 7) is 2.76. The first-order valence-electron chi connectivity index (χ1n) is 6.98. The van der Waals surface area contributed by atoms with Gasteiger partial charge in [0, 0.05) is 37.0 Å². The molecule has 2 rings (SSSR count). The van der Waals surface area contributed by atoms with Gasteiger partial charge in [-0.15, -0.1) is 0 Å². The Morgan fingerprint density at radius 3 is 2.43 bits per heavy atom. The highest BCUT2D eigenvalue weighted by Crippen LogP contribution is 2.23. The first-order valence-corrected chi connectivity index (χ1v) is 6.98. The van der Waals surface area contributed by atoms with Crippen LogP contribution in [0.5, 0.6) is 0 Å². The molecule has 0 radical (unpaired) electrons. The summed E-state index contributed by atoms with van der Waals surface area (Å²) in [5.41, 5.74) is 1.97. The van der Waals surface area contributed by atoms with Crippen LogP contribution in [0, 0.1) is 0 Å². The fourth-order valence-corrected chi connectivity index (χ4v) is 2.49. The first kappa shape index (κ1) is 15.9. The lowest BCUT2D eigenvalue weighted by molar-refractivity contribution is -0.378. The van der Waals surface area contributed by atoms with Crippen molar-refractivity contribution in [1.29, 1.82) is 0 Å². The van der Waals surface area contributed by atoms with Crippen LogP contribution in [0.2, 0.25) is 0 Å². The van der Waals surface area contributed by atoms with E-state index < -0.39 is 11.8 Å². The van der Waals surface area contributed by atoms with Crippen LogP contribution in [0.15, 0.2) is 30.5 Å². The minimum Gasteiger partial charge on any atom is -0.361 e. The van der Waals surface area contributed by atoms with E-state index in [0.717, 1.165) is 28.3 Å². The predicted octanol–water partition coefficient (Wildman–Crippen LogP) is 0.719. The van der Waals surface area contributed by atoms with Crippen LogP contribution in [-0.4, -0.2) is 48.7 Å². The van der Waals surface area contributed by atoms with Crippen LogP contribution in [0.1, 0.15) is 25.8 Å². The van der Waals surface area contributed by atoms with Crippen molar-refractivity contribution in [3.05, 3.63) is 36.0 Å². The van der Waals surface area contributed by atoms with Crippen LogP contribution in [0.3, 0.4) is 0 Å². The van der Waals surface area contributed by atoms with Gasteiger partial charge in [-0.05, 0) is 18.1 Å². The zero-order valence-corrected chi connectivity index (χ0v) is 12.2. The number of hydrogen-bond donors (Lipinski definition) is 5. The smallest absolute Gasteiger partial charge is 0.228 e. The molecule has 0 unspecified atom stereocenters. The topological polar surface area (TPSA) is 100.0 Å². The van der Waals surface area contributed by atoms with Crippen molar-refractivity contribution < 1.29 is 20.4 Å². The summed E-state index contributed by atoms with van der Waals surface area (Å²) >= 11 is 0. The molecule has 0 amide bonds. The van der Waals surface area contributed by atoms with Crippen molar-refractivity contribution in [3.63, 3.8) is 0 Å². The molecular weight excluding hydrogens is 272 g/mol. The number of nitrogens with one attached hydrogen (secondary N) is 1. The van der Waals surface area contributed by atoms with Gasteiger partial charge < -0.3 is 25.4 Å². The number of aliphatic hydroxyl groups is 4. The molecule has 0 fully saturated rings. The fraction of sp³-hybridized carbons (Fsp3) is 0.467. The molecule has 2 aromatic rings. The minimum absolute atomic E-state index is 0.0441. The largest absolute Gasteiger partial charge is 0.361 e. The molecule has 0 spiro atoms. The third kappa shape index (κ3) is 3.42. The average molecular weight is 294 g/mol. The molecule has 0 aliphatic heterocycles. The molecule has 6 heteroatoms. The second-order valence-electron chi connectivity index (χ2n) is 5.36. The van der Waals surface area contributed by atoms with Crippen molar-refractivity contribution in [3.8, 4) is 0 Å². The molecule has 6 nitrogen and oxygen atoms in total.